The van der Waals surface area contributed by atoms with Crippen molar-refractivity contribution in [2.45, 2.75) is 27.7 Å². The van der Waals surface area contributed by atoms with Gasteiger partial charge < -0.3 is 0 Å². The minimum Gasteiger partial charge on any atom is -0.165 e. The average Bonchev–Trinajstić information content (AvgIpc) is 3.59. The molecule has 0 aliphatic rings. The van der Waals surface area contributed by atoms with Crippen molar-refractivity contribution in [2.75, 3.05) is 0 Å². The van der Waals surface area contributed by atoms with Crippen LogP contribution < -0.4 is 0 Å². The van der Waals surface area contributed by atoms with Crippen LogP contribution in [0.3, 0.4) is 0 Å². The second kappa shape index (κ2) is 13.3. The van der Waals surface area contributed by atoms with E-state index in [1.165, 1.54) is 81.7 Å². The molecule has 8 aromatic rings. The molecule has 0 aliphatic carbocycles. The molecule has 0 saturated heterocycles. The summed E-state index contributed by atoms with van der Waals surface area (Å²) in [5.41, 5.74) is 6.62. The molecule has 0 radical (unpaired) electrons. The van der Waals surface area contributed by atoms with Gasteiger partial charge >= 0.3 is 46.5 Å². The molecular weight excluding hydrogens is 655 g/mol. The maximum absolute atomic E-state index is 5.37. The third-order valence-electron chi connectivity index (χ3n) is 8.19. The van der Waals surface area contributed by atoms with Crippen LogP contribution in [0.5, 0.6) is 0 Å². The fourth-order valence-electron chi connectivity index (χ4n) is 6.16. The Morgan fingerprint density at radius 3 is 1.73 bits per heavy atom. The number of benzene rings is 6. The maximum Gasteiger partial charge on any atom is -0.00995 e. The first-order valence-electron chi connectivity index (χ1n) is 14.9. The van der Waals surface area contributed by atoms with Crippen LogP contribution in [0, 0.1) is 20.8 Å². The molecule has 0 aromatic heterocycles. The van der Waals surface area contributed by atoms with E-state index in [1.54, 1.807) is 0 Å². The van der Waals surface area contributed by atoms with E-state index in [4.69, 9.17) is 17.0 Å². The van der Waals surface area contributed by atoms with Crippen LogP contribution in [0.15, 0.2) is 127 Å². The van der Waals surface area contributed by atoms with E-state index in [0.717, 1.165) is 0 Å². The van der Waals surface area contributed by atoms with Crippen molar-refractivity contribution in [3.8, 4) is 11.1 Å². The Bertz CT molecular complexity index is 2240. The van der Waals surface area contributed by atoms with Crippen LogP contribution in [0.2, 0.25) is 0 Å². The summed E-state index contributed by atoms with van der Waals surface area (Å²) >= 11 is -1.76. The molecule has 0 nitrogen and oxygen atoms in total. The number of hydrogen-bond acceptors (Lipinski definition) is 0. The molecule has 44 heavy (non-hydrogen) atoms. The predicted molar refractivity (Wildman–Crippen MR) is 195 cm³/mol. The van der Waals surface area contributed by atoms with E-state index >= 15 is 0 Å². The van der Waals surface area contributed by atoms with Crippen molar-refractivity contribution < 1.29 is 18.9 Å². The van der Waals surface area contributed by atoms with Gasteiger partial charge in [0.15, 0.2) is 0 Å². The molecule has 0 spiro atoms. The zero-order chi connectivity index (χ0) is 30.8. The molecule has 0 N–H and O–H groups in total. The number of halogens is 2. The summed E-state index contributed by atoms with van der Waals surface area (Å²) in [4.78, 5) is 0. The van der Waals surface area contributed by atoms with Gasteiger partial charge in [-0.1, -0.05) is 102 Å². The Kier molecular flexibility index (Phi) is 9.30. The van der Waals surface area contributed by atoms with Crippen LogP contribution in [-0.2, 0) is 18.9 Å². The first-order chi connectivity index (χ1) is 21.3. The number of hydrogen-bond donors (Lipinski definition) is 0. The van der Waals surface area contributed by atoms with Crippen molar-refractivity contribution in [1.82, 2.24) is 0 Å². The Labute approximate surface area is 274 Å². The van der Waals surface area contributed by atoms with Crippen molar-refractivity contribution >= 4 is 74.6 Å². The van der Waals surface area contributed by atoms with Gasteiger partial charge in [0.2, 0.25) is 0 Å². The molecule has 218 valence electrons. The van der Waals surface area contributed by atoms with E-state index in [0.29, 0.717) is 0 Å². The SMILES string of the molecule is C[CH]=[Zr]([Cl])[Cl].Cc1cc2c(-c3cc4ccccc4c4ccccc34)cccc2[cH-]1.Cc1ccc2c(c1)[cH-]c1cc(C)ccc12. The van der Waals surface area contributed by atoms with Crippen molar-refractivity contribution in [1.29, 1.82) is 0 Å². The Hall–Kier alpha value is -3.35. The third-order valence-corrected chi connectivity index (χ3v) is 11.8. The molecule has 0 heterocycles. The number of rotatable bonds is 1. The summed E-state index contributed by atoms with van der Waals surface area (Å²) in [6, 6.07) is 46.5. The van der Waals surface area contributed by atoms with Crippen LogP contribution in [-0.4, -0.2) is 3.71 Å². The van der Waals surface area contributed by atoms with Gasteiger partial charge in [0.1, 0.15) is 0 Å². The first kappa shape index (κ1) is 30.7. The maximum atomic E-state index is 5.37. The van der Waals surface area contributed by atoms with E-state index in [2.05, 4.69) is 148 Å². The third kappa shape index (κ3) is 6.38. The molecule has 0 amide bonds. The van der Waals surface area contributed by atoms with Gasteiger partial charge in [-0.05, 0) is 47.0 Å². The molecule has 0 bridgehead atoms. The zero-order valence-corrected chi connectivity index (χ0v) is 29.4. The predicted octanol–water partition coefficient (Wildman–Crippen LogP) is 12.9. The summed E-state index contributed by atoms with van der Waals surface area (Å²) < 4.78 is 1.89. The molecule has 0 fully saturated rings. The normalized spacial score (nSPS) is 11.0. The van der Waals surface area contributed by atoms with E-state index in [9.17, 15) is 0 Å². The molecule has 8 aromatic carbocycles. The van der Waals surface area contributed by atoms with Gasteiger partial charge in [0, 0.05) is 0 Å². The molecule has 8 rings (SSSR count). The average molecular weight is 689 g/mol. The standard InChI is InChI=1S/C24H17.C15H13.C2H4.2ClH.Zr/c1-16-13-17-8-6-12-22(23(17)14-16)24-15-18-7-2-3-9-19(18)20-10-4-5-11-21(20)24;1-10-3-5-14-12(7-10)9-13-8-11(2)4-6-15(13)14;1-2;;;/h2-15H,1H3;3-9H,1-2H3;1H,2H3;2*1H;/q2*-1;;;;+2/p-2. The smallest absolute Gasteiger partial charge is 0.00995 e. The Morgan fingerprint density at radius 1 is 0.500 bits per heavy atom. The number of fused-ring (bicyclic) bond motifs is 7. The summed E-state index contributed by atoms with van der Waals surface area (Å²) in [6.45, 7) is 8.35. The van der Waals surface area contributed by atoms with Gasteiger partial charge in [-0.3, -0.25) is 0 Å². The van der Waals surface area contributed by atoms with E-state index in [-0.39, 0.29) is 0 Å². The molecular formula is C41H34Cl2Zr-2. The van der Waals surface area contributed by atoms with Crippen LogP contribution >= 0.6 is 17.0 Å². The van der Waals surface area contributed by atoms with Crippen molar-refractivity contribution in [3.63, 3.8) is 0 Å². The first-order valence-corrected chi connectivity index (χ1v) is 22.7. The minimum absolute atomic E-state index is 1.30. The molecule has 3 heteroatoms. The van der Waals surface area contributed by atoms with E-state index in [1.807, 2.05) is 10.6 Å². The minimum atomic E-state index is -1.76. The molecule has 0 atom stereocenters. The quantitative estimate of drug-likeness (QED) is 0.119. The summed E-state index contributed by atoms with van der Waals surface area (Å²) in [5, 5.41) is 13.4. The van der Waals surface area contributed by atoms with Gasteiger partial charge in [0.25, 0.3) is 0 Å². The second-order valence-corrected chi connectivity index (χ2v) is 20.2. The van der Waals surface area contributed by atoms with Crippen LogP contribution in [0.25, 0.3) is 65.0 Å². The summed E-state index contributed by atoms with van der Waals surface area (Å²) in [7, 11) is 10.7. The summed E-state index contributed by atoms with van der Waals surface area (Å²) in [5.74, 6) is 0. The van der Waals surface area contributed by atoms with E-state index < -0.39 is 18.9 Å². The fourth-order valence-corrected chi connectivity index (χ4v) is 6.16. The second-order valence-electron chi connectivity index (χ2n) is 11.4. The van der Waals surface area contributed by atoms with Crippen LogP contribution in [0.4, 0.5) is 0 Å². The molecule has 0 saturated carbocycles. The van der Waals surface area contributed by atoms with Gasteiger partial charge in [-0.2, -0.15) is 6.07 Å². The Morgan fingerprint density at radius 2 is 1.09 bits per heavy atom. The van der Waals surface area contributed by atoms with Gasteiger partial charge in [-0.15, -0.1) is 74.3 Å². The largest absolute Gasteiger partial charge is 0.165 e. The number of aryl methyl sites for hydroxylation is 3. The molecule has 0 unspecified atom stereocenters. The summed E-state index contributed by atoms with van der Waals surface area (Å²) in [6.07, 6.45) is 0. The Balaban J connectivity index is 0.000000146. The fraction of sp³-hybridized carbons (Fsp3) is 0.0976. The topological polar surface area (TPSA) is 0 Å². The van der Waals surface area contributed by atoms with Crippen molar-refractivity contribution in [2.24, 2.45) is 0 Å². The van der Waals surface area contributed by atoms with Gasteiger partial charge in [0.05, 0.1) is 0 Å². The zero-order valence-electron chi connectivity index (χ0n) is 25.5. The molecule has 0 aliphatic heterocycles. The monoisotopic (exact) mass is 686 g/mol. The van der Waals surface area contributed by atoms with Crippen LogP contribution in [0.1, 0.15) is 23.6 Å². The van der Waals surface area contributed by atoms with Gasteiger partial charge in [-0.25, -0.2) is 0 Å². The van der Waals surface area contributed by atoms with Crippen molar-refractivity contribution in [3.05, 3.63) is 144 Å².